The van der Waals surface area contributed by atoms with E-state index >= 15 is 0 Å². The molecule has 1 saturated carbocycles. The first-order chi connectivity index (χ1) is 6.77. The van der Waals surface area contributed by atoms with Crippen LogP contribution in [0.4, 0.5) is 0 Å². The Hall–Kier alpha value is -0.0800. The van der Waals surface area contributed by atoms with Gasteiger partial charge in [-0.3, -0.25) is 0 Å². The zero-order valence-electron chi connectivity index (χ0n) is 9.26. The van der Waals surface area contributed by atoms with E-state index in [-0.39, 0.29) is 5.60 Å². The summed E-state index contributed by atoms with van der Waals surface area (Å²) in [6.45, 7) is 3.32. The Balaban J connectivity index is 2.08. The Labute approximate surface area is 87.1 Å². The molecule has 3 unspecified atom stereocenters. The predicted molar refractivity (Wildman–Crippen MR) is 58.2 cm³/mol. The zero-order chi connectivity index (χ0) is 10.0. The Bertz CT molecular complexity index is 185. The number of hydrogen-bond donors (Lipinski definition) is 2. The minimum atomic E-state index is -0.385. The van der Waals surface area contributed by atoms with Crippen molar-refractivity contribution in [1.29, 1.82) is 0 Å². The van der Waals surface area contributed by atoms with E-state index < -0.39 is 0 Å². The second kappa shape index (κ2) is 4.19. The summed E-state index contributed by atoms with van der Waals surface area (Å²) in [7, 11) is 0. The third kappa shape index (κ3) is 1.70. The van der Waals surface area contributed by atoms with Crippen LogP contribution in [0, 0.1) is 5.92 Å². The van der Waals surface area contributed by atoms with Crippen molar-refractivity contribution in [1.82, 2.24) is 5.32 Å². The molecule has 0 aromatic rings. The molecule has 2 aliphatic rings. The quantitative estimate of drug-likeness (QED) is 0.710. The highest BCUT2D eigenvalue weighted by Gasteiger charge is 2.44. The van der Waals surface area contributed by atoms with Gasteiger partial charge in [-0.1, -0.05) is 26.2 Å². The SMILES string of the molecule is CCC1CCCCC1(O)C1CCCN1. The first-order valence-corrected chi connectivity index (χ1v) is 6.23. The van der Waals surface area contributed by atoms with Gasteiger partial charge in [0.25, 0.3) is 0 Å². The van der Waals surface area contributed by atoms with Gasteiger partial charge >= 0.3 is 0 Å². The summed E-state index contributed by atoms with van der Waals surface area (Å²) in [5.74, 6) is 0.534. The van der Waals surface area contributed by atoms with E-state index in [4.69, 9.17) is 0 Å². The molecule has 2 fully saturated rings. The zero-order valence-corrected chi connectivity index (χ0v) is 9.26. The lowest BCUT2D eigenvalue weighted by atomic mass is 9.70. The normalized spacial score (nSPS) is 44.1. The van der Waals surface area contributed by atoms with E-state index in [1.54, 1.807) is 0 Å². The van der Waals surface area contributed by atoms with Crippen LogP contribution < -0.4 is 5.32 Å². The van der Waals surface area contributed by atoms with Crippen LogP contribution >= 0.6 is 0 Å². The maximum absolute atomic E-state index is 10.8. The third-order valence-electron chi connectivity index (χ3n) is 4.24. The Kier molecular flexibility index (Phi) is 3.13. The van der Waals surface area contributed by atoms with Crippen LogP contribution in [0.5, 0.6) is 0 Å². The topological polar surface area (TPSA) is 32.3 Å². The number of rotatable bonds is 2. The molecule has 2 nitrogen and oxygen atoms in total. The van der Waals surface area contributed by atoms with Crippen molar-refractivity contribution in [3.8, 4) is 0 Å². The fraction of sp³-hybridized carbons (Fsp3) is 1.00. The van der Waals surface area contributed by atoms with Gasteiger partial charge in [0.1, 0.15) is 0 Å². The second-order valence-electron chi connectivity index (χ2n) is 4.99. The summed E-state index contributed by atoms with van der Waals surface area (Å²) >= 11 is 0. The summed E-state index contributed by atoms with van der Waals surface area (Å²) in [5, 5.41) is 14.2. The van der Waals surface area contributed by atoms with Crippen molar-refractivity contribution in [2.75, 3.05) is 6.54 Å². The van der Waals surface area contributed by atoms with Crippen LogP contribution in [0.15, 0.2) is 0 Å². The minimum Gasteiger partial charge on any atom is -0.388 e. The number of hydrogen-bond acceptors (Lipinski definition) is 2. The molecule has 0 spiro atoms. The van der Waals surface area contributed by atoms with Crippen LogP contribution in [0.25, 0.3) is 0 Å². The highest BCUT2D eigenvalue weighted by molar-refractivity contribution is 5.00. The molecule has 0 bridgehead atoms. The van der Waals surface area contributed by atoms with Crippen LogP contribution in [-0.4, -0.2) is 23.3 Å². The van der Waals surface area contributed by atoms with Gasteiger partial charge in [-0.2, -0.15) is 0 Å². The maximum Gasteiger partial charge on any atom is 0.0827 e. The van der Waals surface area contributed by atoms with Crippen LogP contribution in [-0.2, 0) is 0 Å². The minimum absolute atomic E-state index is 0.382. The lowest BCUT2D eigenvalue weighted by molar-refractivity contribution is -0.0743. The lowest BCUT2D eigenvalue weighted by Crippen LogP contribution is -2.54. The van der Waals surface area contributed by atoms with Gasteiger partial charge in [-0.25, -0.2) is 0 Å². The summed E-state index contributed by atoms with van der Waals surface area (Å²) in [6, 6.07) is 0.382. The van der Waals surface area contributed by atoms with E-state index in [0.717, 1.165) is 19.4 Å². The van der Waals surface area contributed by atoms with Gasteiger partial charge in [0.05, 0.1) is 5.60 Å². The fourth-order valence-corrected chi connectivity index (χ4v) is 3.38. The fourth-order valence-electron chi connectivity index (χ4n) is 3.38. The van der Waals surface area contributed by atoms with Gasteiger partial charge in [0.15, 0.2) is 0 Å². The second-order valence-corrected chi connectivity index (χ2v) is 4.99. The third-order valence-corrected chi connectivity index (χ3v) is 4.24. The first kappa shape index (κ1) is 10.4. The molecule has 0 aromatic carbocycles. The average molecular weight is 197 g/mol. The predicted octanol–water partition coefficient (Wildman–Crippen LogP) is 2.07. The van der Waals surface area contributed by atoms with Crippen LogP contribution in [0.1, 0.15) is 51.9 Å². The molecular formula is C12H23NO. The van der Waals surface area contributed by atoms with E-state index in [1.807, 2.05) is 0 Å². The molecule has 82 valence electrons. The van der Waals surface area contributed by atoms with E-state index in [2.05, 4.69) is 12.2 Å². The first-order valence-electron chi connectivity index (χ1n) is 6.23. The molecule has 1 heterocycles. The summed E-state index contributed by atoms with van der Waals surface area (Å²) in [4.78, 5) is 0. The molecule has 0 amide bonds. The largest absolute Gasteiger partial charge is 0.388 e. The van der Waals surface area contributed by atoms with E-state index in [1.165, 1.54) is 32.1 Å². The Morgan fingerprint density at radius 2 is 2.14 bits per heavy atom. The van der Waals surface area contributed by atoms with Crippen molar-refractivity contribution in [3.63, 3.8) is 0 Å². The lowest BCUT2D eigenvalue weighted by Gasteiger charge is -2.44. The van der Waals surface area contributed by atoms with Gasteiger partial charge in [-0.05, 0) is 38.1 Å². The molecule has 2 N–H and O–H groups in total. The molecule has 0 aromatic heterocycles. The van der Waals surface area contributed by atoms with Crippen molar-refractivity contribution in [2.45, 2.75) is 63.5 Å². The number of aliphatic hydroxyl groups is 1. The smallest absolute Gasteiger partial charge is 0.0827 e. The monoisotopic (exact) mass is 197 g/mol. The van der Waals surface area contributed by atoms with E-state index in [9.17, 15) is 5.11 Å². The Morgan fingerprint density at radius 1 is 1.29 bits per heavy atom. The van der Waals surface area contributed by atoms with Gasteiger partial charge in [0.2, 0.25) is 0 Å². The maximum atomic E-state index is 10.8. The number of nitrogens with one attached hydrogen (secondary N) is 1. The van der Waals surface area contributed by atoms with Crippen molar-refractivity contribution < 1.29 is 5.11 Å². The van der Waals surface area contributed by atoms with Gasteiger partial charge in [0, 0.05) is 6.04 Å². The molecule has 1 aliphatic heterocycles. The molecular weight excluding hydrogens is 174 g/mol. The molecule has 2 rings (SSSR count). The van der Waals surface area contributed by atoms with Crippen molar-refractivity contribution in [2.24, 2.45) is 5.92 Å². The molecule has 1 saturated heterocycles. The summed E-state index contributed by atoms with van der Waals surface area (Å²) in [5.41, 5.74) is -0.385. The summed E-state index contributed by atoms with van der Waals surface area (Å²) < 4.78 is 0. The molecule has 0 radical (unpaired) electrons. The highest BCUT2D eigenvalue weighted by atomic mass is 16.3. The van der Waals surface area contributed by atoms with Crippen LogP contribution in [0.3, 0.4) is 0 Å². The molecule has 3 atom stereocenters. The average Bonchev–Trinajstić information content (AvgIpc) is 2.72. The molecule has 14 heavy (non-hydrogen) atoms. The van der Waals surface area contributed by atoms with Crippen molar-refractivity contribution in [3.05, 3.63) is 0 Å². The van der Waals surface area contributed by atoms with Gasteiger partial charge < -0.3 is 10.4 Å². The standard InChI is InChI=1S/C12H23NO/c1-2-10-6-3-4-8-12(10,14)11-7-5-9-13-11/h10-11,13-14H,2-9H2,1H3. The highest BCUT2D eigenvalue weighted by Crippen LogP contribution is 2.40. The summed E-state index contributed by atoms with van der Waals surface area (Å²) in [6.07, 6.45) is 8.32. The Morgan fingerprint density at radius 3 is 2.79 bits per heavy atom. The van der Waals surface area contributed by atoms with Crippen LogP contribution in [0.2, 0.25) is 0 Å². The molecule has 1 aliphatic carbocycles. The van der Waals surface area contributed by atoms with Crippen molar-refractivity contribution >= 4 is 0 Å². The molecule has 2 heteroatoms. The van der Waals surface area contributed by atoms with Gasteiger partial charge in [-0.15, -0.1) is 0 Å². The van der Waals surface area contributed by atoms with E-state index in [0.29, 0.717) is 12.0 Å².